The summed E-state index contributed by atoms with van der Waals surface area (Å²) in [5.74, 6) is 0.108. The summed E-state index contributed by atoms with van der Waals surface area (Å²) in [5.41, 5.74) is 2.02. The fraction of sp³-hybridized carbons (Fsp3) is 0.600. The van der Waals surface area contributed by atoms with Crippen LogP contribution in [0.25, 0.3) is 0 Å². The number of nitrogens with zero attached hydrogens (tertiary/aromatic N) is 2. The predicted molar refractivity (Wildman–Crippen MR) is 90.8 cm³/mol. The Balaban J connectivity index is 2.02. The third-order valence-corrected chi connectivity index (χ3v) is 7.04. The van der Waals surface area contributed by atoms with E-state index in [-0.39, 0.29) is 5.75 Å². The molecule has 1 fully saturated rings. The van der Waals surface area contributed by atoms with Crippen LogP contribution in [-0.4, -0.2) is 70.8 Å². The first-order valence-electron chi connectivity index (χ1n) is 7.57. The van der Waals surface area contributed by atoms with Crippen molar-refractivity contribution in [2.75, 3.05) is 44.7 Å². The zero-order valence-corrected chi connectivity index (χ0v) is 15.5. The van der Waals surface area contributed by atoms with E-state index in [1.54, 1.807) is 12.1 Å². The van der Waals surface area contributed by atoms with Gasteiger partial charge in [0.2, 0.25) is 10.0 Å². The molecule has 0 bridgehead atoms. The monoisotopic (exact) mass is 360 g/mol. The normalized spacial score (nSPS) is 18.2. The number of benzene rings is 1. The fourth-order valence-corrected chi connectivity index (χ4v) is 4.61. The lowest BCUT2D eigenvalue weighted by Crippen LogP contribution is -2.49. The topological polar surface area (TPSA) is 74.8 Å². The Morgan fingerprint density at radius 1 is 0.957 bits per heavy atom. The van der Waals surface area contributed by atoms with Crippen LogP contribution in [0.1, 0.15) is 11.1 Å². The average molecular weight is 361 g/mol. The van der Waals surface area contributed by atoms with E-state index in [0.717, 1.165) is 11.1 Å². The number of rotatable bonds is 5. The summed E-state index contributed by atoms with van der Waals surface area (Å²) in [6.45, 7) is 6.19. The average Bonchev–Trinajstić information content (AvgIpc) is 2.47. The maximum atomic E-state index is 12.7. The van der Waals surface area contributed by atoms with Crippen molar-refractivity contribution < 1.29 is 16.8 Å². The highest BCUT2D eigenvalue weighted by Crippen LogP contribution is 2.20. The standard InChI is InChI=1S/C15H24N2O4S2/c1-13-4-5-15(12-14(13)2)23(20,21)17-8-6-16(7-9-17)10-11-22(3,18)19/h4-5,12H,6-11H2,1-3H3. The molecule has 1 aromatic carbocycles. The molecule has 23 heavy (non-hydrogen) atoms. The van der Waals surface area contributed by atoms with Crippen molar-refractivity contribution in [1.82, 2.24) is 9.21 Å². The molecule has 2 rings (SSSR count). The lowest BCUT2D eigenvalue weighted by atomic mass is 10.1. The first-order valence-corrected chi connectivity index (χ1v) is 11.1. The summed E-state index contributed by atoms with van der Waals surface area (Å²) in [5, 5.41) is 0. The summed E-state index contributed by atoms with van der Waals surface area (Å²) in [6, 6.07) is 5.18. The van der Waals surface area contributed by atoms with Gasteiger partial charge < -0.3 is 0 Å². The van der Waals surface area contributed by atoms with Crippen molar-refractivity contribution in [2.45, 2.75) is 18.7 Å². The predicted octanol–water partition coefficient (Wildman–Crippen LogP) is 0.654. The fourth-order valence-electron chi connectivity index (χ4n) is 2.51. The van der Waals surface area contributed by atoms with E-state index in [4.69, 9.17) is 0 Å². The second-order valence-corrected chi connectivity index (χ2v) is 10.3. The number of aryl methyl sites for hydroxylation is 2. The molecule has 1 aromatic rings. The molecule has 0 aromatic heterocycles. The Bertz CT molecular complexity index is 765. The van der Waals surface area contributed by atoms with Crippen LogP contribution in [0.5, 0.6) is 0 Å². The van der Waals surface area contributed by atoms with E-state index in [0.29, 0.717) is 37.6 Å². The van der Waals surface area contributed by atoms with E-state index in [9.17, 15) is 16.8 Å². The van der Waals surface area contributed by atoms with E-state index in [2.05, 4.69) is 0 Å². The first kappa shape index (κ1) is 18.4. The largest absolute Gasteiger partial charge is 0.300 e. The number of piperazine rings is 1. The highest BCUT2D eigenvalue weighted by Gasteiger charge is 2.28. The van der Waals surface area contributed by atoms with E-state index >= 15 is 0 Å². The van der Waals surface area contributed by atoms with Crippen LogP contribution in [0.2, 0.25) is 0 Å². The molecule has 1 heterocycles. The third-order valence-electron chi connectivity index (χ3n) is 4.23. The summed E-state index contributed by atoms with van der Waals surface area (Å²) in [4.78, 5) is 2.32. The van der Waals surface area contributed by atoms with Crippen molar-refractivity contribution in [3.05, 3.63) is 29.3 Å². The molecule has 0 N–H and O–H groups in total. The molecule has 0 unspecified atom stereocenters. The number of hydrogen-bond acceptors (Lipinski definition) is 5. The summed E-state index contributed by atoms with van der Waals surface area (Å²) >= 11 is 0. The molecule has 0 spiro atoms. The molecule has 130 valence electrons. The van der Waals surface area contributed by atoms with Gasteiger partial charge >= 0.3 is 0 Å². The van der Waals surface area contributed by atoms with Crippen LogP contribution < -0.4 is 0 Å². The van der Waals surface area contributed by atoms with Gasteiger partial charge in [0.05, 0.1) is 10.6 Å². The minimum Gasteiger partial charge on any atom is -0.300 e. The van der Waals surface area contributed by atoms with Crippen LogP contribution in [0.15, 0.2) is 23.1 Å². The highest BCUT2D eigenvalue weighted by molar-refractivity contribution is 7.90. The molecule has 0 aliphatic carbocycles. The molecular formula is C15H24N2O4S2. The van der Waals surface area contributed by atoms with Crippen molar-refractivity contribution in [3.63, 3.8) is 0 Å². The van der Waals surface area contributed by atoms with Gasteiger partial charge in [-0.1, -0.05) is 6.07 Å². The number of sulfonamides is 1. The van der Waals surface area contributed by atoms with Gasteiger partial charge in [0.25, 0.3) is 0 Å². The summed E-state index contributed by atoms with van der Waals surface area (Å²) in [6.07, 6.45) is 1.22. The smallest absolute Gasteiger partial charge is 0.243 e. The van der Waals surface area contributed by atoms with Gasteiger partial charge in [-0.15, -0.1) is 0 Å². The minimum atomic E-state index is -3.48. The lowest BCUT2D eigenvalue weighted by Gasteiger charge is -2.33. The van der Waals surface area contributed by atoms with E-state index in [1.165, 1.54) is 10.6 Å². The molecule has 8 heteroatoms. The molecule has 0 saturated carbocycles. The van der Waals surface area contributed by atoms with Crippen LogP contribution in [0.3, 0.4) is 0 Å². The first-order chi connectivity index (χ1) is 10.6. The molecule has 0 amide bonds. The van der Waals surface area contributed by atoms with Gasteiger partial charge in [0.1, 0.15) is 9.84 Å². The lowest BCUT2D eigenvalue weighted by molar-refractivity contribution is 0.197. The van der Waals surface area contributed by atoms with Crippen LogP contribution in [0.4, 0.5) is 0 Å². The van der Waals surface area contributed by atoms with Gasteiger partial charge in [-0.3, -0.25) is 4.90 Å². The van der Waals surface area contributed by atoms with E-state index in [1.807, 2.05) is 24.8 Å². The maximum Gasteiger partial charge on any atom is 0.243 e. The summed E-state index contributed by atoms with van der Waals surface area (Å²) in [7, 11) is -6.47. The zero-order valence-electron chi connectivity index (χ0n) is 13.8. The van der Waals surface area contributed by atoms with Crippen LogP contribution in [-0.2, 0) is 19.9 Å². The molecule has 0 atom stereocenters. The molecule has 0 radical (unpaired) electrons. The highest BCUT2D eigenvalue weighted by atomic mass is 32.2. The van der Waals surface area contributed by atoms with Crippen molar-refractivity contribution in [3.8, 4) is 0 Å². The Labute approximate surface area is 139 Å². The van der Waals surface area contributed by atoms with Crippen molar-refractivity contribution >= 4 is 19.9 Å². The maximum absolute atomic E-state index is 12.7. The number of sulfone groups is 1. The molecule has 1 aliphatic rings. The van der Waals surface area contributed by atoms with E-state index < -0.39 is 19.9 Å². The molecular weight excluding hydrogens is 336 g/mol. The SMILES string of the molecule is Cc1ccc(S(=O)(=O)N2CCN(CCS(C)(=O)=O)CC2)cc1C. The second kappa shape index (κ2) is 6.88. The second-order valence-electron chi connectivity index (χ2n) is 6.12. The van der Waals surface area contributed by atoms with Gasteiger partial charge in [0.15, 0.2) is 0 Å². The summed E-state index contributed by atoms with van der Waals surface area (Å²) < 4.78 is 49.3. The van der Waals surface area contributed by atoms with Crippen molar-refractivity contribution in [1.29, 1.82) is 0 Å². The molecule has 1 saturated heterocycles. The van der Waals surface area contributed by atoms with Gasteiger partial charge in [-0.2, -0.15) is 4.31 Å². The Hall–Kier alpha value is -0.960. The zero-order chi connectivity index (χ0) is 17.3. The Morgan fingerprint density at radius 2 is 1.57 bits per heavy atom. The third kappa shape index (κ3) is 4.76. The minimum absolute atomic E-state index is 0.108. The van der Waals surface area contributed by atoms with Gasteiger partial charge in [0, 0.05) is 39.0 Å². The van der Waals surface area contributed by atoms with Gasteiger partial charge in [-0.05, 0) is 37.1 Å². The van der Waals surface area contributed by atoms with Crippen LogP contribution in [0, 0.1) is 13.8 Å². The molecule has 6 nitrogen and oxygen atoms in total. The quantitative estimate of drug-likeness (QED) is 0.771. The van der Waals surface area contributed by atoms with Crippen molar-refractivity contribution in [2.24, 2.45) is 0 Å². The Morgan fingerprint density at radius 3 is 2.09 bits per heavy atom. The molecule has 1 aliphatic heterocycles. The number of hydrogen-bond donors (Lipinski definition) is 0. The van der Waals surface area contributed by atoms with Crippen LogP contribution >= 0.6 is 0 Å². The van der Waals surface area contributed by atoms with Gasteiger partial charge in [-0.25, -0.2) is 16.8 Å². The Kier molecular flexibility index (Phi) is 5.50.